The zero-order valence-corrected chi connectivity index (χ0v) is 18.3. The molecular weight excluding hydrogens is 416 g/mol. The van der Waals surface area contributed by atoms with E-state index in [0.29, 0.717) is 0 Å². The van der Waals surface area contributed by atoms with Gasteiger partial charge in [0, 0.05) is 24.0 Å². The van der Waals surface area contributed by atoms with Crippen LogP contribution in [0.4, 0.5) is 5.69 Å². The van der Waals surface area contributed by atoms with Crippen molar-refractivity contribution in [2.24, 2.45) is 7.05 Å². The Labute approximate surface area is 180 Å². The Morgan fingerprint density at radius 3 is 2.20 bits per heavy atom. The molecule has 0 fully saturated rings. The molecule has 0 aliphatic carbocycles. The van der Waals surface area contributed by atoms with Crippen molar-refractivity contribution in [1.29, 1.82) is 0 Å². The van der Waals surface area contributed by atoms with Gasteiger partial charge in [-0.3, -0.25) is 0 Å². The van der Waals surface area contributed by atoms with E-state index in [1.54, 1.807) is 23.5 Å². The van der Waals surface area contributed by atoms with Crippen LogP contribution in [0.3, 0.4) is 0 Å². The van der Waals surface area contributed by atoms with E-state index in [0.717, 1.165) is 11.3 Å². The Kier molecular flexibility index (Phi) is 6.99. The molecule has 0 saturated carbocycles. The summed E-state index contributed by atoms with van der Waals surface area (Å²) in [6.45, 7) is 1.82. The first-order valence-electron chi connectivity index (χ1n) is 9.23. The highest BCUT2D eigenvalue weighted by atomic mass is 32.2. The number of aromatic nitrogens is 1. The summed E-state index contributed by atoms with van der Waals surface area (Å²) in [5, 5.41) is 4.50. The average Bonchev–Trinajstić information content (AvgIpc) is 3.05. The molecule has 0 amide bonds. The molecule has 4 rings (SSSR count). The lowest BCUT2D eigenvalue weighted by Crippen LogP contribution is -2.28. The van der Waals surface area contributed by atoms with Gasteiger partial charge in [-0.25, -0.2) is 8.42 Å². The van der Waals surface area contributed by atoms with Gasteiger partial charge in [-0.1, -0.05) is 59.4 Å². The predicted molar refractivity (Wildman–Crippen MR) is 121 cm³/mol. The van der Waals surface area contributed by atoms with Gasteiger partial charge in [-0.05, 0) is 37.3 Å². The third-order valence-electron chi connectivity index (χ3n) is 4.33. The summed E-state index contributed by atoms with van der Waals surface area (Å²) in [4.78, 5) is -0.178. The summed E-state index contributed by atoms with van der Waals surface area (Å²) in [7, 11) is -2.17. The normalized spacial score (nSPS) is 11.3. The smallest absolute Gasteiger partial charge is 0.263 e. The molecule has 7 heteroatoms. The van der Waals surface area contributed by atoms with Crippen molar-refractivity contribution in [2.75, 3.05) is 5.32 Å². The van der Waals surface area contributed by atoms with Crippen LogP contribution in [-0.4, -0.2) is 13.0 Å². The average molecular weight is 439 g/mol. The number of rotatable bonds is 4. The van der Waals surface area contributed by atoms with E-state index < -0.39 is 10.1 Å². The molecule has 30 heavy (non-hydrogen) atoms. The molecule has 1 heterocycles. The highest BCUT2D eigenvalue weighted by Gasteiger charge is 2.12. The molecular formula is C23H22N2O3S2. The lowest BCUT2D eigenvalue weighted by molar-refractivity contribution is -0.642. The monoisotopic (exact) mass is 438 g/mol. The number of nitrogens with one attached hydrogen (secondary N) is 1. The van der Waals surface area contributed by atoms with Crippen molar-refractivity contribution < 1.29 is 17.5 Å². The molecule has 0 atom stereocenters. The highest BCUT2D eigenvalue weighted by Crippen LogP contribution is 2.20. The van der Waals surface area contributed by atoms with Gasteiger partial charge in [-0.2, -0.15) is 4.57 Å². The van der Waals surface area contributed by atoms with Crippen LogP contribution in [0, 0.1) is 6.92 Å². The van der Waals surface area contributed by atoms with Gasteiger partial charge in [0.25, 0.3) is 5.01 Å². The maximum absolute atomic E-state index is 10.4. The summed E-state index contributed by atoms with van der Waals surface area (Å²) < 4.78 is 34.7. The number of hydrogen-bond donors (Lipinski definition) is 1. The van der Waals surface area contributed by atoms with Crippen molar-refractivity contribution in [3.8, 4) is 0 Å². The summed E-state index contributed by atoms with van der Waals surface area (Å²) in [6, 6.07) is 24.4. The minimum absolute atomic E-state index is 0.178. The molecule has 1 N–H and O–H groups in total. The van der Waals surface area contributed by atoms with E-state index >= 15 is 0 Å². The van der Waals surface area contributed by atoms with Crippen molar-refractivity contribution in [2.45, 2.75) is 11.8 Å². The largest absolute Gasteiger partial charge is 0.744 e. The molecule has 154 valence electrons. The van der Waals surface area contributed by atoms with Crippen LogP contribution in [0.5, 0.6) is 0 Å². The maximum Gasteiger partial charge on any atom is 0.263 e. The van der Waals surface area contributed by atoms with E-state index in [2.05, 4.69) is 59.4 Å². The molecule has 0 radical (unpaired) electrons. The molecule has 0 spiro atoms. The zero-order chi connectivity index (χ0) is 21.6. The SMILES string of the molecule is C[n+]1c(/C=C/Nc2ccccc2)sc2ccccc21.Cc1ccc(S(=O)(=O)[O-])cc1. The third-order valence-corrected chi connectivity index (χ3v) is 6.36. The van der Waals surface area contributed by atoms with E-state index in [4.69, 9.17) is 0 Å². The lowest BCUT2D eigenvalue weighted by Gasteiger charge is -2.05. The van der Waals surface area contributed by atoms with Crippen LogP contribution in [0.2, 0.25) is 0 Å². The fourth-order valence-corrected chi connectivity index (χ4v) is 4.24. The van der Waals surface area contributed by atoms with Crippen LogP contribution in [0.15, 0.2) is 90.0 Å². The Balaban J connectivity index is 0.000000199. The summed E-state index contributed by atoms with van der Waals surface area (Å²) in [5.74, 6) is 0. The molecule has 0 bridgehead atoms. The zero-order valence-electron chi connectivity index (χ0n) is 16.6. The second kappa shape index (κ2) is 9.67. The second-order valence-corrected chi connectivity index (χ2v) is 9.02. The number of nitrogens with zero attached hydrogens (tertiary/aromatic N) is 1. The van der Waals surface area contributed by atoms with Crippen LogP contribution < -0.4 is 9.88 Å². The van der Waals surface area contributed by atoms with Crippen LogP contribution in [0.25, 0.3) is 16.3 Å². The molecule has 0 aliphatic heterocycles. The molecule has 0 saturated heterocycles. The van der Waals surface area contributed by atoms with Crippen molar-refractivity contribution in [1.82, 2.24) is 0 Å². The fraction of sp³-hybridized carbons (Fsp3) is 0.0870. The first-order chi connectivity index (χ1) is 14.3. The predicted octanol–water partition coefficient (Wildman–Crippen LogP) is 4.71. The molecule has 4 aromatic rings. The van der Waals surface area contributed by atoms with Crippen LogP contribution in [0.1, 0.15) is 10.6 Å². The minimum Gasteiger partial charge on any atom is -0.744 e. The first-order valence-corrected chi connectivity index (χ1v) is 11.5. The van der Waals surface area contributed by atoms with Crippen molar-refractivity contribution >= 4 is 43.4 Å². The number of thiazole rings is 1. The van der Waals surface area contributed by atoms with Crippen molar-refractivity contribution in [3.05, 3.63) is 95.6 Å². The number of benzene rings is 3. The molecule has 1 aromatic heterocycles. The van der Waals surface area contributed by atoms with E-state index in [-0.39, 0.29) is 4.90 Å². The van der Waals surface area contributed by atoms with Gasteiger partial charge in [-0.15, -0.1) is 0 Å². The van der Waals surface area contributed by atoms with Gasteiger partial charge in [0.1, 0.15) is 21.9 Å². The second-order valence-electron chi connectivity index (χ2n) is 6.58. The van der Waals surface area contributed by atoms with Crippen LogP contribution in [-0.2, 0) is 17.2 Å². The number of anilines is 1. The Morgan fingerprint density at radius 2 is 1.57 bits per heavy atom. The van der Waals surface area contributed by atoms with Gasteiger partial charge >= 0.3 is 0 Å². The molecule has 0 aliphatic rings. The standard InChI is InChI=1S/C16H14N2S.C7H8O3S/c1-18-14-9-5-6-10-15(14)19-16(18)11-12-17-13-7-3-2-4-8-13;1-6-2-4-7(5-3-6)11(8,9)10/h2-12H,1H3;2-5H,1H3,(H,8,9,10). The summed E-state index contributed by atoms with van der Waals surface area (Å²) in [5.41, 5.74) is 3.30. The minimum atomic E-state index is -4.27. The first kappa shape index (κ1) is 21.7. The Bertz CT molecular complexity index is 1250. The number of fused-ring (bicyclic) bond motifs is 1. The van der Waals surface area contributed by atoms with Gasteiger partial charge in [0.15, 0.2) is 0 Å². The molecule has 0 unspecified atom stereocenters. The van der Waals surface area contributed by atoms with E-state index in [1.807, 2.05) is 31.3 Å². The van der Waals surface area contributed by atoms with Crippen LogP contribution >= 0.6 is 11.3 Å². The summed E-state index contributed by atoms with van der Waals surface area (Å²) in [6.07, 6.45) is 4.09. The van der Waals surface area contributed by atoms with Gasteiger partial charge < -0.3 is 9.87 Å². The Morgan fingerprint density at radius 1 is 0.933 bits per heavy atom. The van der Waals surface area contributed by atoms with Crippen molar-refractivity contribution in [3.63, 3.8) is 0 Å². The van der Waals surface area contributed by atoms with E-state index in [1.165, 1.54) is 27.4 Å². The van der Waals surface area contributed by atoms with Gasteiger partial charge in [0.2, 0.25) is 5.52 Å². The number of aryl methyl sites for hydroxylation is 2. The van der Waals surface area contributed by atoms with Gasteiger partial charge in [0.05, 0.1) is 4.90 Å². The number of para-hydroxylation sites is 2. The fourth-order valence-electron chi connectivity index (χ4n) is 2.71. The summed E-state index contributed by atoms with van der Waals surface area (Å²) >= 11 is 1.80. The number of hydrogen-bond acceptors (Lipinski definition) is 5. The molecule has 3 aromatic carbocycles. The lowest BCUT2D eigenvalue weighted by atomic mass is 10.2. The highest BCUT2D eigenvalue weighted by molar-refractivity contribution is 7.85. The van der Waals surface area contributed by atoms with E-state index in [9.17, 15) is 13.0 Å². The molecule has 5 nitrogen and oxygen atoms in total. The topological polar surface area (TPSA) is 73.1 Å². The Hall–Kier alpha value is -3.00. The third kappa shape index (κ3) is 5.76. The quantitative estimate of drug-likeness (QED) is 0.370. The maximum atomic E-state index is 10.4.